The molecule has 3 N–H and O–H groups in total. The maximum Gasteiger partial charge on any atom is 0.168 e. The Labute approximate surface area is 101 Å². The summed E-state index contributed by atoms with van der Waals surface area (Å²) in [5.74, 6) is -0.937. The molecule has 0 spiro atoms. The van der Waals surface area contributed by atoms with Gasteiger partial charge in [0.1, 0.15) is 0 Å². The smallest absolute Gasteiger partial charge is 0.168 e. The van der Waals surface area contributed by atoms with Crippen LogP contribution >= 0.6 is 12.4 Å². The molecule has 0 aliphatic heterocycles. The molecule has 0 unspecified atom stereocenters. The van der Waals surface area contributed by atoms with E-state index < -0.39 is 11.9 Å². The number of phenols is 1. The molecule has 1 aromatic rings. The Bertz CT molecular complexity index is 393. The van der Waals surface area contributed by atoms with Crippen LogP contribution in [0.25, 0.3) is 0 Å². The molecule has 16 heavy (non-hydrogen) atoms. The minimum atomic E-state index is -0.593. The van der Waals surface area contributed by atoms with E-state index in [1.165, 1.54) is 0 Å². The molecule has 0 radical (unpaired) electrons. The lowest BCUT2D eigenvalue weighted by Gasteiger charge is -2.14. The number of hydrogen-bond acceptors (Lipinski definition) is 2. The standard InChI is InChI=1S/C12H16FNO.ClH/c1-7(2)6-10(14)9-5-4-8(3)11(13)12(9)15;/h4-5,10,15H,1,6,14H2,2-3H3;1H/t10-;/m0./s1. The topological polar surface area (TPSA) is 46.2 Å². The first kappa shape index (κ1) is 14.9. The molecule has 0 fully saturated rings. The summed E-state index contributed by atoms with van der Waals surface area (Å²) in [6.07, 6.45) is 0.538. The highest BCUT2D eigenvalue weighted by molar-refractivity contribution is 5.85. The average Bonchev–Trinajstić information content (AvgIpc) is 2.13. The normalized spacial score (nSPS) is 11.8. The van der Waals surface area contributed by atoms with Crippen LogP contribution in [-0.4, -0.2) is 5.11 Å². The molecule has 0 aromatic heterocycles. The van der Waals surface area contributed by atoms with Crippen molar-refractivity contribution in [3.05, 3.63) is 41.2 Å². The first-order valence-electron chi connectivity index (χ1n) is 4.81. The highest BCUT2D eigenvalue weighted by Crippen LogP contribution is 2.30. The van der Waals surface area contributed by atoms with Gasteiger partial charge < -0.3 is 10.8 Å². The molecular weight excluding hydrogens is 229 g/mol. The van der Waals surface area contributed by atoms with E-state index >= 15 is 0 Å². The lowest BCUT2D eigenvalue weighted by Crippen LogP contribution is -2.11. The van der Waals surface area contributed by atoms with Crippen LogP contribution in [0, 0.1) is 12.7 Å². The summed E-state index contributed by atoms with van der Waals surface area (Å²) in [5.41, 5.74) is 7.58. The predicted octanol–water partition coefficient (Wildman–Crippen LogP) is 3.23. The Morgan fingerprint density at radius 1 is 1.56 bits per heavy atom. The van der Waals surface area contributed by atoms with Crippen LogP contribution in [0.1, 0.15) is 30.5 Å². The monoisotopic (exact) mass is 245 g/mol. The molecule has 0 aliphatic rings. The highest BCUT2D eigenvalue weighted by atomic mass is 35.5. The number of phenolic OH excluding ortho intramolecular Hbond substituents is 1. The Hall–Kier alpha value is -1.06. The lowest BCUT2D eigenvalue weighted by molar-refractivity contribution is 0.418. The number of hydrogen-bond donors (Lipinski definition) is 2. The van der Waals surface area contributed by atoms with E-state index in [9.17, 15) is 9.50 Å². The second kappa shape index (κ2) is 5.87. The molecule has 0 aliphatic carbocycles. The number of aromatic hydroxyl groups is 1. The average molecular weight is 246 g/mol. The van der Waals surface area contributed by atoms with E-state index in [2.05, 4.69) is 6.58 Å². The van der Waals surface area contributed by atoms with Crippen molar-refractivity contribution >= 4 is 12.4 Å². The fourth-order valence-corrected chi connectivity index (χ4v) is 1.46. The molecular formula is C12H17ClFNO. The van der Waals surface area contributed by atoms with Crippen molar-refractivity contribution < 1.29 is 9.50 Å². The first-order valence-corrected chi connectivity index (χ1v) is 4.81. The molecule has 4 heteroatoms. The fraction of sp³-hybridized carbons (Fsp3) is 0.333. The fourth-order valence-electron chi connectivity index (χ4n) is 1.46. The van der Waals surface area contributed by atoms with Crippen LogP contribution < -0.4 is 5.73 Å². The van der Waals surface area contributed by atoms with E-state index in [1.54, 1.807) is 19.1 Å². The molecule has 0 saturated carbocycles. The van der Waals surface area contributed by atoms with Gasteiger partial charge in [-0.2, -0.15) is 0 Å². The van der Waals surface area contributed by atoms with Crippen LogP contribution in [0.15, 0.2) is 24.3 Å². The van der Waals surface area contributed by atoms with Gasteiger partial charge in [0.25, 0.3) is 0 Å². The molecule has 0 amide bonds. The zero-order valence-electron chi connectivity index (χ0n) is 9.46. The summed E-state index contributed by atoms with van der Waals surface area (Å²) in [7, 11) is 0. The second-order valence-corrected chi connectivity index (χ2v) is 3.90. The van der Waals surface area contributed by atoms with Gasteiger partial charge in [0.15, 0.2) is 11.6 Å². The number of nitrogens with two attached hydrogens (primary N) is 1. The molecule has 1 atom stereocenters. The molecule has 1 aromatic carbocycles. The van der Waals surface area contributed by atoms with E-state index in [1.807, 2.05) is 6.92 Å². The summed E-state index contributed by atoms with van der Waals surface area (Å²) in [4.78, 5) is 0. The van der Waals surface area contributed by atoms with Crippen molar-refractivity contribution in [2.45, 2.75) is 26.3 Å². The van der Waals surface area contributed by atoms with Crippen LogP contribution in [0.5, 0.6) is 5.75 Å². The van der Waals surface area contributed by atoms with E-state index in [0.717, 1.165) is 5.57 Å². The Morgan fingerprint density at radius 3 is 2.62 bits per heavy atom. The molecule has 90 valence electrons. The second-order valence-electron chi connectivity index (χ2n) is 3.90. The lowest BCUT2D eigenvalue weighted by atomic mass is 9.99. The highest BCUT2D eigenvalue weighted by Gasteiger charge is 2.15. The SMILES string of the molecule is C=C(C)C[C@H](N)c1ccc(C)c(F)c1O.Cl. The number of halogens is 2. The third-order valence-electron chi connectivity index (χ3n) is 2.31. The van der Waals surface area contributed by atoms with Crippen molar-refractivity contribution in [2.24, 2.45) is 5.73 Å². The van der Waals surface area contributed by atoms with Crippen LogP contribution in [0.2, 0.25) is 0 Å². The maximum absolute atomic E-state index is 13.4. The van der Waals surface area contributed by atoms with Gasteiger partial charge in [-0.05, 0) is 25.8 Å². The first-order chi connectivity index (χ1) is 6.93. The quantitative estimate of drug-likeness (QED) is 0.804. The summed E-state index contributed by atoms with van der Waals surface area (Å²) in [6.45, 7) is 7.18. The largest absolute Gasteiger partial charge is 0.505 e. The van der Waals surface area contributed by atoms with E-state index in [4.69, 9.17) is 5.73 Å². The predicted molar refractivity (Wildman–Crippen MR) is 66.4 cm³/mol. The summed E-state index contributed by atoms with van der Waals surface area (Å²) in [6, 6.07) is 2.86. The molecule has 0 heterocycles. The van der Waals surface area contributed by atoms with E-state index in [-0.39, 0.29) is 18.2 Å². The van der Waals surface area contributed by atoms with Gasteiger partial charge in [-0.15, -0.1) is 19.0 Å². The number of aryl methyl sites for hydroxylation is 1. The Balaban J connectivity index is 0.00000225. The van der Waals surface area contributed by atoms with Crippen molar-refractivity contribution in [1.82, 2.24) is 0 Å². The van der Waals surface area contributed by atoms with Crippen LogP contribution in [-0.2, 0) is 0 Å². The minimum Gasteiger partial charge on any atom is -0.505 e. The van der Waals surface area contributed by atoms with E-state index in [0.29, 0.717) is 17.5 Å². The van der Waals surface area contributed by atoms with Gasteiger partial charge >= 0.3 is 0 Å². The molecule has 2 nitrogen and oxygen atoms in total. The minimum absolute atomic E-state index is 0. The zero-order chi connectivity index (χ0) is 11.6. The number of benzene rings is 1. The van der Waals surface area contributed by atoms with Crippen molar-refractivity contribution in [3.8, 4) is 5.75 Å². The van der Waals surface area contributed by atoms with Gasteiger partial charge in [0.05, 0.1) is 0 Å². The van der Waals surface area contributed by atoms with Gasteiger partial charge in [-0.1, -0.05) is 17.7 Å². The van der Waals surface area contributed by atoms with Crippen molar-refractivity contribution in [3.63, 3.8) is 0 Å². The van der Waals surface area contributed by atoms with Crippen molar-refractivity contribution in [2.75, 3.05) is 0 Å². The van der Waals surface area contributed by atoms with Crippen molar-refractivity contribution in [1.29, 1.82) is 0 Å². The molecule has 0 bridgehead atoms. The molecule has 0 saturated heterocycles. The maximum atomic E-state index is 13.4. The molecule has 1 rings (SSSR count). The van der Waals surface area contributed by atoms with Gasteiger partial charge in [-0.3, -0.25) is 0 Å². The summed E-state index contributed by atoms with van der Waals surface area (Å²) in [5, 5.41) is 9.58. The zero-order valence-corrected chi connectivity index (χ0v) is 10.3. The Morgan fingerprint density at radius 2 is 2.12 bits per heavy atom. The van der Waals surface area contributed by atoms with Gasteiger partial charge in [-0.25, -0.2) is 4.39 Å². The summed E-state index contributed by atoms with van der Waals surface area (Å²) >= 11 is 0. The van der Waals surface area contributed by atoms with Gasteiger partial charge in [0.2, 0.25) is 0 Å². The van der Waals surface area contributed by atoms with Crippen LogP contribution in [0.4, 0.5) is 4.39 Å². The third kappa shape index (κ3) is 3.22. The third-order valence-corrected chi connectivity index (χ3v) is 2.31. The summed E-state index contributed by atoms with van der Waals surface area (Å²) < 4.78 is 13.4. The van der Waals surface area contributed by atoms with Gasteiger partial charge in [0, 0.05) is 11.6 Å². The Kier molecular flexibility index (Phi) is 5.48. The number of rotatable bonds is 3. The van der Waals surface area contributed by atoms with Crippen LogP contribution in [0.3, 0.4) is 0 Å².